The van der Waals surface area contributed by atoms with Gasteiger partial charge < -0.3 is 9.42 Å². The van der Waals surface area contributed by atoms with E-state index in [1.807, 2.05) is 13.8 Å². The van der Waals surface area contributed by atoms with Crippen LogP contribution in [0.4, 0.5) is 19.1 Å². The maximum absolute atomic E-state index is 12.8. The zero-order valence-corrected chi connectivity index (χ0v) is 13.4. The molecule has 0 spiro atoms. The van der Waals surface area contributed by atoms with E-state index in [2.05, 4.69) is 20.1 Å². The molecule has 1 aliphatic heterocycles. The minimum atomic E-state index is -4.48. The number of rotatable bonds is 3. The Kier molecular flexibility index (Phi) is 4.42. The fourth-order valence-corrected chi connectivity index (χ4v) is 2.68. The Morgan fingerprint density at radius 3 is 2.75 bits per heavy atom. The van der Waals surface area contributed by atoms with Crippen molar-refractivity contribution in [3.63, 3.8) is 0 Å². The van der Waals surface area contributed by atoms with Gasteiger partial charge in [-0.25, -0.2) is 9.97 Å². The molecule has 1 fully saturated rings. The second kappa shape index (κ2) is 6.37. The summed E-state index contributed by atoms with van der Waals surface area (Å²) in [5.41, 5.74) is -0.934. The van der Waals surface area contributed by atoms with Crippen LogP contribution < -0.4 is 4.90 Å². The van der Waals surface area contributed by atoms with Crippen LogP contribution in [0, 0.1) is 0 Å². The number of halogens is 3. The van der Waals surface area contributed by atoms with Crippen molar-refractivity contribution >= 4 is 5.95 Å². The third-order valence-electron chi connectivity index (χ3n) is 3.95. The predicted molar refractivity (Wildman–Crippen MR) is 79.6 cm³/mol. The second-order valence-corrected chi connectivity index (χ2v) is 6.17. The van der Waals surface area contributed by atoms with Gasteiger partial charge in [-0.05, 0) is 18.9 Å². The van der Waals surface area contributed by atoms with Gasteiger partial charge in [0.05, 0.1) is 0 Å². The van der Waals surface area contributed by atoms with Crippen molar-refractivity contribution < 1.29 is 17.7 Å². The third kappa shape index (κ3) is 3.49. The van der Waals surface area contributed by atoms with E-state index in [0.29, 0.717) is 24.8 Å². The standard InChI is InChI=1S/C15H18F3N5O/c1-9(2)13-21-12(22-24-13)10-4-3-7-23(8-10)14-19-6-5-11(20-14)15(16,17)18/h5-6,9-10H,3-4,7-8H2,1-2H3/t10-/m1/s1. The molecule has 3 rings (SSSR count). The van der Waals surface area contributed by atoms with Gasteiger partial charge in [0.25, 0.3) is 0 Å². The molecular formula is C15H18F3N5O. The number of hydrogen-bond acceptors (Lipinski definition) is 6. The molecule has 0 aliphatic carbocycles. The van der Waals surface area contributed by atoms with Crippen LogP contribution in [-0.2, 0) is 6.18 Å². The zero-order chi connectivity index (χ0) is 17.3. The molecule has 0 bridgehead atoms. The first-order chi connectivity index (χ1) is 11.3. The fraction of sp³-hybridized carbons (Fsp3) is 0.600. The summed E-state index contributed by atoms with van der Waals surface area (Å²) < 4.78 is 43.7. The Bertz CT molecular complexity index is 700. The third-order valence-corrected chi connectivity index (χ3v) is 3.95. The lowest BCUT2D eigenvalue weighted by Crippen LogP contribution is -2.36. The smallest absolute Gasteiger partial charge is 0.340 e. The molecule has 24 heavy (non-hydrogen) atoms. The number of nitrogens with zero attached hydrogens (tertiary/aromatic N) is 5. The van der Waals surface area contributed by atoms with Gasteiger partial charge in [0.15, 0.2) is 5.82 Å². The Balaban J connectivity index is 1.78. The first-order valence-electron chi connectivity index (χ1n) is 7.83. The maximum Gasteiger partial charge on any atom is 0.433 e. The Morgan fingerprint density at radius 1 is 1.29 bits per heavy atom. The van der Waals surface area contributed by atoms with Crippen LogP contribution in [0.3, 0.4) is 0 Å². The monoisotopic (exact) mass is 341 g/mol. The first-order valence-corrected chi connectivity index (χ1v) is 7.83. The number of anilines is 1. The van der Waals surface area contributed by atoms with Crippen LogP contribution in [0.1, 0.15) is 55.9 Å². The quantitative estimate of drug-likeness (QED) is 0.852. The molecule has 2 aromatic heterocycles. The Labute approximate surface area is 137 Å². The van der Waals surface area contributed by atoms with Gasteiger partial charge in [0.2, 0.25) is 11.8 Å². The van der Waals surface area contributed by atoms with Crippen LogP contribution in [0.25, 0.3) is 0 Å². The van der Waals surface area contributed by atoms with E-state index in [9.17, 15) is 13.2 Å². The molecule has 0 N–H and O–H groups in total. The summed E-state index contributed by atoms with van der Waals surface area (Å²) >= 11 is 0. The zero-order valence-electron chi connectivity index (χ0n) is 13.4. The average molecular weight is 341 g/mol. The van der Waals surface area contributed by atoms with Crippen LogP contribution in [-0.4, -0.2) is 33.2 Å². The van der Waals surface area contributed by atoms with Crippen molar-refractivity contribution in [3.05, 3.63) is 29.7 Å². The number of alkyl halides is 3. The van der Waals surface area contributed by atoms with Gasteiger partial charge in [-0.1, -0.05) is 19.0 Å². The van der Waals surface area contributed by atoms with Gasteiger partial charge in [-0.2, -0.15) is 18.2 Å². The first kappa shape index (κ1) is 16.7. The molecule has 1 atom stereocenters. The molecule has 0 amide bonds. The van der Waals surface area contributed by atoms with Gasteiger partial charge in [0, 0.05) is 31.1 Å². The van der Waals surface area contributed by atoms with Crippen molar-refractivity contribution in [2.75, 3.05) is 18.0 Å². The highest BCUT2D eigenvalue weighted by Gasteiger charge is 2.34. The van der Waals surface area contributed by atoms with Gasteiger partial charge in [-0.3, -0.25) is 0 Å². The Hall–Kier alpha value is -2.19. The second-order valence-electron chi connectivity index (χ2n) is 6.17. The Morgan fingerprint density at radius 2 is 2.08 bits per heavy atom. The number of aromatic nitrogens is 4. The molecule has 3 heterocycles. The van der Waals surface area contributed by atoms with E-state index in [-0.39, 0.29) is 17.8 Å². The summed E-state index contributed by atoms with van der Waals surface area (Å²) in [6.45, 7) is 4.99. The predicted octanol–water partition coefficient (Wildman–Crippen LogP) is 3.39. The van der Waals surface area contributed by atoms with Gasteiger partial charge in [-0.15, -0.1) is 0 Å². The normalized spacial score (nSPS) is 19.1. The molecule has 0 saturated carbocycles. The van der Waals surface area contributed by atoms with Gasteiger partial charge in [0.1, 0.15) is 5.69 Å². The molecule has 1 aliphatic rings. The van der Waals surface area contributed by atoms with Crippen molar-refractivity contribution in [1.29, 1.82) is 0 Å². The fourth-order valence-electron chi connectivity index (χ4n) is 2.68. The number of piperidine rings is 1. The summed E-state index contributed by atoms with van der Waals surface area (Å²) in [6, 6.07) is 0.874. The number of hydrogen-bond donors (Lipinski definition) is 0. The van der Waals surface area contributed by atoms with Crippen LogP contribution in [0.2, 0.25) is 0 Å². The van der Waals surface area contributed by atoms with Gasteiger partial charge >= 0.3 is 6.18 Å². The summed E-state index contributed by atoms with van der Waals surface area (Å²) in [7, 11) is 0. The van der Waals surface area contributed by atoms with Crippen LogP contribution in [0.15, 0.2) is 16.8 Å². The van der Waals surface area contributed by atoms with Crippen molar-refractivity contribution in [3.8, 4) is 0 Å². The van der Waals surface area contributed by atoms with Crippen LogP contribution >= 0.6 is 0 Å². The minimum Gasteiger partial charge on any atom is -0.340 e. The minimum absolute atomic E-state index is 0.00635. The average Bonchev–Trinajstić information content (AvgIpc) is 3.05. The summed E-state index contributed by atoms with van der Waals surface area (Å²) in [5.74, 6) is 1.38. The maximum atomic E-state index is 12.8. The molecular weight excluding hydrogens is 323 g/mol. The lowest BCUT2D eigenvalue weighted by Gasteiger charge is -2.31. The van der Waals surface area contributed by atoms with Crippen molar-refractivity contribution in [2.24, 2.45) is 0 Å². The summed E-state index contributed by atoms with van der Waals surface area (Å²) in [4.78, 5) is 13.8. The van der Waals surface area contributed by atoms with Crippen LogP contribution in [0.5, 0.6) is 0 Å². The molecule has 6 nitrogen and oxygen atoms in total. The highest BCUT2D eigenvalue weighted by molar-refractivity contribution is 5.32. The molecule has 0 aromatic carbocycles. The van der Waals surface area contributed by atoms with E-state index in [0.717, 1.165) is 25.1 Å². The highest BCUT2D eigenvalue weighted by atomic mass is 19.4. The van der Waals surface area contributed by atoms with Crippen molar-refractivity contribution in [2.45, 2.75) is 44.7 Å². The topological polar surface area (TPSA) is 67.9 Å². The highest BCUT2D eigenvalue weighted by Crippen LogP contribution is 2.31. The molecule has 0 radical (unpaired) electrons. The summed E-state index contributed by atoms with van der Waals surface area (Å²) in [6.07, 6.45) is -1.69. The molecule has 9 heteroatoms. The van der Waals surface area contributed by atoms with E-state index in [4.69, 9.17) is 4.52 Å². The molecule has 2 aromatic rings. The van der Waals surface area contributed by atoms with E-state index >= 15 is 0 Å². The lowest BCUT2D eigenvalue weighted by atomic mass is 9.97. The van der Waals surface area contributed by atoms with E-state index < -0.39 is 11.9 Å². The molecule has 130 valence electrons. The van der Waals surface area contributed by atoms with E-state index in [1.165, 1.54) is 0 Å². The largest absolute Gasteiger partial charge is 0.433 e. The van der Waals surface area contributed by atoms with Crippen molar-refractivity contribution in [1.82, 2.24) is 20.1 Å². The summed E-state index contributed by atoms with van der Waals surface area (Å²) in [5, 5.41) is 4.01. The molecule has 0 unspecified atom stereocenters. The SMILES string of the molecule is CC(C)c1nc([C@@H]2CCCN(c3nccc(C(F)(F)F)n3)C2)no1. The van der Waals surface area contributed by atoms with E-state index in [1.54, 1.807) is 4.90 Å². The molecule has 1 saturated heterocycles. The lowest BCUT2D eigenvalue weighted by molar-refractivity contribution is -0.141.